The molecule has 0 fully saturated rings. The van der Waals surface area contributed by atoms with Crippen molar-refractivity contribution in [1.29, 1.82) is 0 Å². The van der Waals surface area contributed by atoms with Gasteiger partial charge in [-0.25, -0.2) is 0 Å². The molecule has 0 aliphatic heterocycles. The van der Waals surface area contributed by atoms with Crippen molar-refractivity contribution < 1.29 is 8.83 Å². The minimum absolute atomic E-state index is 0.861. The quantitative estimate of drug-likeness (QED) is 0.170. The van der Waals surface area contributed by atoms with Crippen LogP contribution in [0.25, 0.3) is 93.6 Å². The van der Waals surface area contributed by atoms with Crippen molar-refractivity contribution >= 4 is 82.7 Å². The lowest BCUT2D eigenvalue weighted by atomic mass is 10.0. The van der Waals surface area contributed by atoms with Gasteiger partial charge in [0.15, 0.2) is 0 Å². The lowest BCUT2D eigenvalue weighted by molar-refractivity contribution is 0.668. The number of benzene rings is 9. The Labute approximate surface area is 334 Å². The van der Waals surface area contributed by atoms with E-state index in [1.165, 1.54) is 27.4 Å². The fraction of sp³-hybridized carbons (Fsp3) is 0. The molecule has 9 aromatic carbocycles. The Bertz CT molecular complexity index is 3500. The van der Waals surface area contributed by atoms with E-state index in [9.17, 15) is 0 Å². The number of aromatic nitrogens is 1. The molecular weight excluding hydrogens is 709 g/mol. The van der Waals surface area contributed by atoms with Crippen LogP contribution in [0.2, 0.25) is 0 Å². The molecule has 4 heteroatoms. The van der Waals surface area contributed by atoms with E-state index in [-0.39, 0.29) is 0 Å². The second kappa shape index (κ2) is 12.9. The summed E-state index contributed by atoms with van der Waals surface area (Å²) in [6, 6.07) is 73.3. The number of hydrogen-bond acceptors (Lipinski definition) is 3. The summed E-state index contributed by atoms with van der Waals surface area (Å²) < 4.78 is 14.9. The highest BCUT2D eigenvalue weighted by Crippen LogP contribution is 2.41. The van der Waals surface area contributed by atoms with Crippen LogP contribution in [0, 0.1) is 0 Å². The molecular formula is C54H34N2O2. The van der Waals surface area contributed by atoms with Crippen LogP contribution in [-0.4, -0.2) is 4.57 Å². The molecule has 0 radical (unpaired) electrons. The van der Waals surface area contributed by atoms with Crippen molar-refractivity contribution in [2.45, 2.75) is 0 Å². The maximum Gasteiger partial charge on any atom is 0.137 e. The van der Waals surface area contributed by atoms with Gasteiger partial charge in [0.05, 0.1) is 11.0 Å². The number of furan rings is 2. The topological polar surface area (TPSA) is 34.5 Å². The Kier molecular flexibility index (Phi) is 7.20. The molecule has 0 N–H and O–H groups in total. The molecule has 0 amide bonds. The van der Waals surface area contributed by atoms with Crippen molar-refractivity contribution in [3.63, 3.8) is 0 Å². The predicted octanol–water partition coefficient (Wildman–Crippen LogP) is 15.4. The van der Waals surface area contributed by atoms with E-state index in [1.807, 2.05) is 24.3 Å². The molecule has 0 saturated heterocycles. The summed E-state index contributed by atoms with van der Waals surface area (Å²) >= 11 is 0. The Morgan fingerprint density at radius 3 is 1.50 bits per heavy atom. The molecule has 4 nitrogen and oxygen atoms in total. The number of fused-ring (bicyclic) bond motifs is 9. The van der Waals surface area contributed by atoms with Gasteiger partial charge in [-0.3, -0.25) is 0 Å². The first-order valence-electron chi connectivity index (χ1n) is 19.7. The molecule has 12 rings (SSSR count). The van der Waals surface area contributed by atoms with Gasteiger partial charge in [0.2, 0.25) is 0 Å². The molecule has 0 unspecified atom stereocenters. The first-order valence-corrected chi connectivity index (χ1v) is 19.7. The van der Waals surface area contributed by atoms with Crippen molar-refractivity contribution in [1.82, 2.24) is 4.57 Å². The standard InChI is InChI=1S/C54H34N2O2/c1-2-10-39(11-3-1)56-49-15-7-4-12-43(49)44-29-22-38(33-50(44)56)36-20-26-41(27-21-36)55(42-28-30-47-45-13-5-8-16-51(45)58-54(47)34-42)40-24-18-35(19-25-40)37-23-31-53-48(32-37)46-14-6-9-17-52(46)57-53/h1-34H. The number of rotatable bonds is 6. The Balaban J connectivity index is 0.956. The Hall–Kier alpha value is -7.82. The fourth-order valence-corrected chi connectivity index (χ4v) is 8.82. The predicted molar refractivity (Wildman–Crippen MR) is 241 cm³/mol. The van der Waals surface area contributed by atoms with Crippen LogP contribution in [0.3, 0.4) is 0 Å². The van der Waals surface area contributed by atoms with E-state index in [0.717, 1.165) is 83.3 Å². The zero-order valence-corrected chi connectivity index (χ0v) is 31.3. The molecule has 0 spiro atoms. The largest absolute Gasteiger partial charge is 0.456 e. The van der Waals surface area contributed by atoms with Gasteiger partial charge in [-0.05, 0) is 107 Å². The van der Waals surface area contributed by atoms with Gasteiger partial charge in [-0.15, -0.1) is 0 Å². The first kappa shape index (κ1) is 32.4. The Morgan fingerprint density at radius 2 is 0.776 bits per heavy atom. The van der Waals surface area contributed by atoms with Gasteiger partial charge in [0.1, 0.15) is 22.3 Å². The van der Waals surface area contributed by atoms with Gasteiger partial charge < -0.3 is 18.3 Å². The van der Waals surface area contributed by atoms with Crippen molar-refractivity contribution in [3.05, 3.63) is 206 Å². The minimum Gasteiger partial charge on any atom is -0.456 e. The molecule has 0 aliphatic rings. The van der Waals surface area contributed by atoms with E-state index >= 15 is 0 Å². The lowest BCUT2D eigenvalue weighted by Gasteiger charge is -2.26. The summed E-state index contributed by atoms with van der Waals surface area (Å²) in [5.41, 5.74) is 14.8. The number of anilines is 3. The molecule has 272 valence electrons. The van der Waals surface area contributed by atoms with Gasteiger partial charge in [0.25, 0.3) is 0 Å². The first-order chi connectivity index (χ1) is 28.7. The van der Waals surface area contributed by atoms with Crippen molar-refractivity contribution in [3.8, 4) is 27.9 Å². The third-order valence-electron chi connectivity index (χ3n) is 11.6. The molecule has 12 aromatic rings. The average molecular weight is 743 g/mol. The van der Waals surface area contributed by atoms with E-state index in [1.54, 1.807) is 0 Å². The molecule has 0 aliphatic carbocycles. The van der Waals surface area contributed by atoms with Crippen molar-refractivity contribution in [2.24, 2.45) is 0 Å². The van der Waals surface area contributed by atoms with Crippen LogP contribution in [0.4, 0.5) is 17.1 Å². The third-order valence-corrected chi connectivity index (χ3v) is 11.6. The van der Waals surface area contributed by atoms with Crippen LogP contribution in [0.1, 0.15) is 0 Å². The van der Waals surface area contributed by atoms with Crippen LogP contribution < -0.4 is 4.90 Å². The smallest absolute Gasteiger partial charge is 0.137 e. The van der Waals surface area contributed by atoms with Crippen LogP contribution >= 0.6 is 0 Å². The normalized spacial score (nSPS) is 11.8. The molecule has 0 saturated carbocycles. The number of nitrogens with zero attached hydrogens (tertiary/aromatic N) is 2. The minimum atomic E-state index is 0.861. The van der Waals surface area contributed by atoms with Crippen LogP contribution in [-0.2, 0) is 0 Å². The number of hydrogen-bond donors (Lipinski definition) is 0. The zero-order chi connectivity index (χ0) is 38.2. The summed E-state index contributed by atoms with van der Waals surface area (Å²) in [5, 5.41) is 6.98. The van der Waals surface area contributed by atoms with Gasteiger partial charge in [0, 0.05) is 61.1 Å². The van der Waals surface area contributed by atoms with Crippen molar-refractivity contribution in [2.75, 3.05) is 4.90 Å². The van der Waals surface area contributed by atoms with E-state index in [4.69, 9.17) is 8.83 Å². The highest BCUT2D eigenvalue weighted by Gasteiger charge is 2.18. The average Bonchev–Trinajstić information content (AvgIpc) is 3.96. The fourth-order valence-electron chi connectivity index (χ4n) is 8.82. The molecule has 3 aromatic heterocycles. The maximum absolute atomic E-state index is 6.39. The monoisotopic (exact) mass is 742 g/mol. The van der Waals surface area contributed by atoms with E-state index in [0.29, 0.717) is 0 Å². The lowest BCUT2D eigenvalue weighted by Crippen LogP contribution is -2.09. The summed E-state index contributed by atoms with van der Waals surface area (Å²) in [5.74, 6) is 0. The summed E-state index contributed by atoms with van der Waals surface area (Å²) in [6.45, 7) is 0. The summed E-state index contributed by atoms with van der Waals surface area (Å²) in [6.07, 6.45) is 0. The highest BCUT2D eigenvalue weighted by atomic mass is 16.3. The Morgan fingerprint density at radius 1 is 0.293 bits per heavy atom. The number of para-hydroxylation sites is 4. The second-order valence-electron chi connectivity index (χ2n) is 14.9. The SMILES string of the molecule is c1ccc(-n2c3ccccc3c3ccc(-c4ccc(N(c5ccc(-c6ccc7oc8ccccc8c7c6)cc5)c5ccc6c(c5)oc5ccccc56)cc4)cc32)cc1. The molecule has 0 bridgehead atoms. The van der Waals surface area contributed by atoms with Gasteiger partial charge in [-0.1, -0.05) is 115 Å². The molecule has 3 heterocycles. The molecule has 58 heavy (non-hydrogen) atoms. The zero-order valence-electron chi connectivity index (χ0n) is 31.3. The van der Waals surface area contributed by atoms with E-state index in [2.05, 4.69) is 191 Å². The van der Waals surface area contributed by atoms with Crippen LogP contribution in [0.15, 0.2) is 215 Å². The maximum atomic E-state index is 6.39. The highest BCUT2D eigenvalue weighted by molar-refractivity contribution is 6.11. The summed E-state index contributed by atoms with van der Waals surface area (Å²) in [7, 11) is 0. The molecule has 0 atom stereocenters. The van der Waals surface area contributed by atoms with Gasteiger partial charge >= 0.3 is 0 Å². The van der Waals surface area contributed by atoms with E-state index < -0.39 is 0 Å². The van der Waals surface area contributed by atoms with Gasteiger partial charge in [-0.2, -0.15) is 0 Å². The summed E-state index contributed by atoms with van der Waals surface area (Å²) in [4.78, 5) is 2.31. The van der Waals surface area contributed by atoms with Crippen LogP contribution in [0.5, 0.6) is 0 Å². The third kappa shape index (κ3) is 5.16. The second-order valence-corrected chi connectivity index (χ2v) is 14.9.